The number of hydrogen-bond acceptors (Lipinski definition) is 9. The number of methoxy groups -OCH3 is 1. The molecule has 39 heavy (non-hydrogen) atoms. The average Bonchev–Trinajstić information content (AvgIpc) is 3.27. The number of carbonyl (C=O) groups excluding carboxylic acids is 5. The third-order valence-corrected chi connectivity index (χ3v) is 5.34. The van der Waals surface area contributed by atoms with Crippen LogP contribution in [0.4, 0.5) is 4.79 Å². The first-order chi connectivity index (χ1) is 18.0. The molecular formula is C27H39N3O9. The van der Waals surface area contributed by atoms with E-state index in [2.05, 4.69) is 10.6 Å². The van der Waals surface area contributed by atoms with Crippen LogP contribution >= 0.6 is 0 Å². The lowest BCUT2D eigenvalue weighted by atomic mass is 10.0. The van der Waals surface area contributed by atoms with Gasteiger partial charge in [-0.05, 0) is 54.0 Å². The van der Waals surface area contributed by atoms with Gasteiger partial charge in [-0.2, -0.15) is 5.06 Å². The van der Waals surface area contributed by atoms with Crippen LogP contribution in [0.25, 0.3) is 0 Å². The summed E-state index contributed by atoms with van der Waals surface area (Å²) < 4.78 is 15.4. The van der Waals surface area contributed by atoms with Crippen LogP contribution in [0, 0.1) is 0 Å². The van der Waals surface area contributed by atoms with Crippen molar-refractivity contribution in [3.63, 3.8) is 0 Å². The van der Waals surface area contributed by atoms with E-state index < -0.39 is 65.3 Å². The molecule has 12 nitrogen and oxygen atoms in total. The molecule has 1 aromatic rings. The number of nitrogens with one attached hydrogen (secondary N) is 2. The highest BCUT2D eigenvalue weighted by atomic mass is 16.8. The molecule has 1 fully saturated rings. The summed E-state index contributed by atoms with van der Waals surface area (Å²) in [5.41, 5.74) is -0.882. The lowest BCUT2D eigenvalue weighted by Crippen LogP contribution is -2.54. The maximum Gasteiger partial charge on any atom is 0.435 e. The third kappa shape index (κ3) is 9.86. The lowest BCUT2D eigenvalue weighted by Gasteiger charge is -2.26. The van der Waals surface area contributed by atoms with Gasteiger partial charge in [-0.25, -0.2) is 14.4 Å². The highest BCUT2D eigenvalue weighted by Crippen LogP contribution is 2.25. The molecule has 2 rings (SSSR count). The fourth-order valence-corrected chi connectivity index (χ4v) is 3.60. The molecule has 1 aliphatic rings. The van der Waals surface area contributed by atoms with Gasteiger partial charge in [0.15, 0.2) is 12.1 Å². The van der Waals surface area contributed by atoms with Crippen molar-refractivity contribution in [3.05, 3.63) is 35.9 Å². The second-order valence-corrected chi connectivity index (χ2v) is 11.2. The topological polar surface area (TPSA) is 150 Å². The molecule has 0 saturated carbocycles. The Labute approximate surface area is 228 Å². The minimum absolute atomic E-state index is 0.0996. The number of hydrogen-bond donors (Lipinski definition) is 2. The number of carbonyl (C=O) groups is 5. The zero-order valence-electron chi connectivity index (χ0n) is 23.7. The van der Waals surface area contributed by atoms with E-state index in [1.165, 1.54) is 6.92 Å². The van der Waals surface area contributed by atoms with Crippen molar-refractivity contribution < 1.29 is 43.0 Å². The highest BCUT2D eigenvalue weighted by Gasteiger charge is 2.47. The molecule has 1 aliphatic heterocycles. The van der Waals surface area contributed by atoms with E-state index in [-0.39, 0.29) is 12.8 Å². The van der Waals surface area contributed by atoms with Crippen molar-refractivity contribution in [2.45, 2.75) is 96.7 Å². The van der Waals surface area contributed by atoms with Crippen LogP contribution < -0.4 is 10.6 Å². The lowest BCUT2D eigenvalue weighted by molar-refractivity contribution is -0.176. The Balaban J connectivity index is 2.21. The van der Waals surface area contributed by atoms with E-state index in [9.17, 15) is 24.0 Å². The molecule has 3 amide bonds. The Bertz CT molecular complexity index is 1050. The van der Waals surface area contributed by atoms with Crippen molar-refractivity contribution >= 4 is 29.8 Å². The van der Waals surface area contributed by atoms with E-state index >= 15 is 0 Å². The van der Waals surface area contributed by atoms with Gasteiger partial charge in [0, 0.05) is 12.8 Å². The van der Waals surface area contributed by atoms with Gasteiger partial charge >= 0.3 is 18.0 Å². The third-order valence-electron chi connectivity index (χ3n) is 5.34. The SMILES string of the molecule is COC(=O)[C@H]1C[C@@H](C(=O)N[C@@H](Cc2ccccc2)C(=O)N[C@@H](C)C(=O)OC(C)(C)C)ON1C(=O)OC(C)(C)C. The molecule has 0 unspecified atom stereocenters. The molecule has 0 spiro atoms. The first-order valence-corrected chi connectivity index (χ1v) is 12.6. The minimum atomic E-state index is -1.30. The van der Waals surface area contributed by atoms with Gasteiger partial charge < -0.3 is 24.8 Å². The van der Waals surface area contributed by atoms with E-state index in [0.717, 1.165) is 12.7 Å². The van der Waals surface area contributed by atoms with E-state index in [4.69, 9.17) is 19.0 Å². The molecule has 1 aromatic carbocycles. The number of rotatable bonds is 8. The first-order valence-electron chi connectivity index (χ1n) is 12.6. The summed E-state index contributed by atoms with van der Waals surface area (Å²) >= 11 is 0. The molecule has 216 valence electrons. The molecule has 2 N–H and O–H groups in total. The van der Waals surface area contributed by atoms with Gasteiger partial charge in [-0.1, -0.05) is 30.3 Å². The number of nitrogens with zero attached hydrogens (tertiary/aromatic N) is 1. The summed E-state index contributed by atoms with van der Waals surface area (Å²) in [6.45, 7) is 11.5. The van der Waals surface area contributed by atoms with Gasteiger partial charge in [0.1, 0.15) is 23.3 Å². The summed E-state index contributed by atoms with van der Waals surface area (Å²) in [5, 5.41) is 5.88. The van der Waals surface area contributed by atoms with Crippen LogP contribution in [0.15, 0.2) is 30.3 Å². The largest absolute Gasteiger partial charge is 0.467 e. The first kappa shape index (κ1) is 31.5. The summed E-state index contributed by atoms with van der Waals surface area (Å²) in [4.78, 5) is 69.3. The van der Waals surface area contributed by atoms with E-state index in [0.29, 0.717) is 5.06 Å². The highest BCUT2D eigenvalue weighted by molar-refractivity contribution is 5.93. The molecular weight excluding hydrogens is 510 g/mol. The predicted molar refractivity (Wildman–Crippen MR) is 139 cm³/mol. The zero-order valence-corrected chi connectivity index (χ0v) is 23.7. The van der Waals surface area contributed by atoms with Gasteiger partial charge in [0.05, 0.1) is 7.11 Å². The van der Waals surface area contributed by atoms with Crippen LogP contribution in [0.2, 0.25) is 0 Å². The number of amides is 3. The average molecular weight is 550 g/mol. The molecule has 0 bridgehead atoms. The van der Waals surface area contributed by atoms with Crippen molar-refractivity contribution in [1.29, 1.82) is 0 Å². The fourth-order valence-electron chi connectivity index (χ4n) is 3.60. The molecule has 1 heterocycles. The maximum atomic E-state index is 13.2. The van der Waals surface area contributed by atoms with Crippen LogP contribution in [-0.4, -0.2) is 77.5 Å². The van der Waals surface area contributed by atoms with Gasteiger partial charge in [-0.3, -0.25) is 14.4 Å². The van der Waals surface area contributed by atoms with Crippen molar-refractivity contribution in [2.24, 2.45) is 0 Å². The fraction of sp³-hybridized carbons (Fsp3) is 0.593. The standard InChI is InChI=1S/C27H39N3O9/c1-16(23(33)37-26(2,3)4)28-21(31)18(14-17-12-10-9-11-13-17)29-22(32)20-15-19(24(34)36-8)30(39-20)25(35)38-27(5,6)7/h9-13,16,18-20H,14-15H2,1-8H3,(H,28,31)(H,29,32)/t16-,18-,19+,20-/m0/s1. The summed E-state index contributed by atoms with van der Waals surface area (Å²) in [6, 6.07) is 5.63. The molecule has 1 saturated heterocycles. The summed E-state index contributed by atoms with van der Waals surface area (Å²) in [5.74, 6) is -2.79. The Hall–Kier alpha value is -3.67. The molecule has 0 radical (unpaired) electrons. The van der Waals surface area contributed by atoms with Crippen molar-refractivity contribution in [2.75, 3.05) is 7.11 Å². The number of benzene rings is 1. The Kier molecular flexibility index (Phi) is 10.5. The molecule has 0 aromatic heterocycles. The second kappa shape index (κ2) is 12.9. The smallest absolute Gasteiger partial charge is 0.435 e. The van der Waals surface area contributed by atoms with Crippen LogP contribution in [0.3, 0.4) is 0 Å². The normalized spacial score (nSPS) is 18.9. The molecule has 12 heteroatoms. The Morgan fingerprint density at radius 1 is 0.974 bits per heavy atom. The van der Waals surface area contributed by atoms with E-state index in [1.54, 1.807) is 65.8 Å². The van der Waals surface area contributed by atoms with Crippen LogP contribution in [0.1, 0.15) is 60.5 Å². The Morgan fingerprint density at radius 2 is 1.56 bits per heavy atom. The van der Waals surface area contributed by atoms with Crippen LogP contribution in [-0.2, 0) is 44.6 Å². The minimum Gasteiger partial charge on any atom is -0.467 e. The summed E-state index contributed by atoms with van der Waals surface area (Å²) in [7, 11) is 1.15. The molecule has 0 aliphatic carbocycles. The van der Waals surface area contributed by atoms with Gasteiger partial charge in [0.2, 0.25) is 5.91 Å². The monoisotopic (exact) mass is 549 g/mol. The van der Waals surface area contributed by atoms with Crippen LogP contribution in [0.5, 0.6) is 0 Å². The van der Waals surface area contributed by atoms with Gasteiger partial charge in [-0.15, -0.1) is 0 Å². The maximum absolute atomic E-state index is 13.2. The quantitative estimate of drug-likeness (QED) is 0.367. The van der Waals surface area contributed by atoms with Crippen molar-refractivity contribution in [1.82, 2.24) is 15.7 Å². The number of esters is 2. The summed E-state index contributed by atoms with van der Waals surface area (Å²) in [6.07, 6.45) is -2.37. The zero-order chi connectivity index (χ0) is 29.5. The predicted octanol–water partition coefficient (Wildman–Crippen LogP) is 2.04. The number of hydroxylamine groups is 2. The van der Waals surface area contributed by atoms with Gasteiger partial charge in [0.25, 0.3) is 5.91 Å². The Morgan fingerprint density at radius 3 is 2.10 bits per heavy atom. The number of ether oxygens (including phenoxy) is 3. The van der Waals surface area contributed by atoms with Crippen molar-refractivity contribution in [3.8, 4) is 0 Å². The second-order valence-electron chi connectivity index (χ2n) is 11.2. The van der Waals surface area contributed by atoms with E-state index in [1.807, 2.05) is 6.07 Å². The molecule has 4 atom stereocenters.